The van der Waals surface area contributed by atoms with E-state index in [1.807, 2.05) is 32.0 Å². The zero-order chi connectivity index (χ0) is 9.84. The molecule has 0 heterocycles. The minimum absolute atomic E-state index is 0.0428. The van der Waals surface area contributed by atoms with Crippen molar-refractivity contribution in [3.05, 3.63) is 28.2 Å². The van der Waals surface area contributed by atoms with Crippen molar-refractivity contribution in [3.63, 3.8) is 0 Å². The second-order valence-corrected chi connectivity index (χ2v) is 3.67. The summed E-state index contributed by atoms with van der Waals surface area (Å²) in [6.45, 7) is 3.80. The summed E-state index contributed by atoms with van der Waals surface area (Å²) in [5.41, 5.74) is 1.94. The summed E-state index contributed by atoms with van der Waals surface area (Å²) in [5, 5.41) is 2.83. The number of amides is 1. The maximum absolute atomic E-state index is 11.1. The maximum Gasteiger partial charge on any atom is 0.224 e. The largest absolute Gasteiger partial charge is 0.326 e. The SMILES string of the molecule is CCC(=O)Nc1cccc(Br)c1C. The van der Waals surface area contributed by atoms with Crippen LogP contribution < -0.4 is 5.32 Å². The van der Waals surface area contributed by atoms with Crippen LogP contribution in [0.4, 0.5) is 5.69 Å². The van der Waals surface area contributed by atoms with E-state index in [0.29, 0.717) is 6.42 Å². The molecule has 1 aromatic rings. The first-order valence-corrected chi connectivity index (χ1v) is 4.99. The first-order chi connectivity index (χ1) is 6.15. The van der Waals surface area contributed by atoms with E-state index < -0.39 is 0 Å². The van der Waals surface area contributed by atoms with Crippen molar-refractivity contribution in [3.8, 4) is 0 Å². The molecular weight excluding hydrogens is 230 g/mol. The fraction of sp³-hybridized carbons (Fsp3) is 0.300. The van der Waals surface area contributed by atoms with Crippen LogP contribution in [0.5, 0.6) is 0 Å². The number of hydrogen-bond donors (Lipinski definition) is 1. The molecule has 0 aromatic heterocycles. The van der Waals surface area contributed by atoms with E-state index in [0.717, 1.165) is 15.7 Å². The van der Waals surface area contributed by atoms with Crippen molar-refractivity contribution in [2.75, 3.05) is 5.32 Å². The predicted molar refractivity (Wildman–Crippen MR) is 57.8 cm³/mol. The Hall–Kier alpha value is -0.830. The van der Waals surface area contributed by atoms with Gasteiger partial charge in [0.05, 0.1) is 0 Å². The molecule has 0 saturated heterocycles. The topological polar surface area (TPSA) is 29.1 Å². The number of nitrogens with one attached hydrogen (secondary N) is 1. The van der Waals surface area contributed by atoms with Crippen LogP contribution in [-0.2, 0) is 4.79 Å². The molecule has 1 rings (SSSR count). The molecule has 1 amide bonds. The molecule has 0 aliphatic heterocycles. The van der Waals surface area contributed by atoms with Crippen LogP contribution in [-0.4, -0.2) is 5.91 Å². The zero-order valence-corrected chi connectivity index (χ0v) is 9.31. The summed E-state index contributed by atoms with van der Waals surface area (Å²) in [5.74, 6) is 0.0428. The van der Waals surface area contributed by atoms with Gasteiger partial charge in [-0.05, 0) is 24.6 Å². The monoisotopic (exact) mass is 241 g/mol. The molecule has 0 unspecified atom stereocenters. The average Bonchev–Trinajstić information content (AvgIpc) is 2.13. The lowest BCUT2D eigenvalue weighted by Crippen LogP contribution is -2.10. The molecule has 0 aliphatic carbocycles. The number of anilines is 1. The van der Waals surface area contributed by atoms with Crippen molar-refractivity contribution in [2.45, 2.75) is 20.3 Å². The first kappa shape index (κ1) is 10.3. The minimum atomic E-state index is 0.0428. The van der Waals surface area contributed by atoms with Crippen LogP contribution in [0.1, 0.15) is 18.9 Å². The van der Waals surface area contributed by atoms with Gasteiger partial charge in [-0.1, -0.05) is 28.9 Å². The van der Waals surface area contributed by atoms with Gasteiger partial charge in [-0.3, -0.25) is 4.79 Å². The average molecular weight is 242 g/mol. The second-order valence-electron chi connectivity index (χ2n) is 2.81. The number of hydrogen-bond acceptors (Lipinski definition) is 1. The summed E-state index contributed by atoms with van der Waals surface area (Å²) < 4.78 is 1.02. The highest BCUT2D eigenvalue weighted by Crippen LogP contribution is 2.23. The van der Waals surface area contributed by atoms with Gasteiger partial charge in [0.25, 0.3) is 0 Å². The Morgan fingerprint density at radius 2 is 2.23 bits per heavy atom. The predicted octanol–water partition coefficient (Wildman–Crippen LogP) is 3.11. The molecule has 0 bridgehead atoms. The third-order valence-electron chi connectivity index (χ3n) is 1.86. The third kappa shape index (κ3) is 2.56. The van der Waals surface area contributed by atoms with Gasteiger partial charge in [0.2, 0.25) is 5.91 Å². The molecule has 0 radical (unpaired) electrons. The van der Waals surface area contributed by atoms with Crippen molar-refractivity contribution in [1.29, 1.82) is 0 Å². The molecule has 0 fully saturated rings. The van der Waals surface area contributed by atoms with E-state index >= 15 is 0 Å². The van der Waals surface area contributed by atoms with Gasteiger partial charge in [-0.25, -0.2) is 0 Å². The fourth-order valence-corrected chi connectivity index (χ4v) is 1.35. The number of halogens is 1. The van der Waals surface area contributed by atoms with Gasteiger partial charge < -0.3 is 5.32 Å². The highest BCUT2D eigenvalue weighted by atomic mass is 79.9. The molecule has 13 heavy (non-hydrogen) atoms. The summed E-state index contributed by atoms with van der Waals surface area (Å²) >= 11 is 3.41. The van der Waals surface area contributed by atoms with Gasteiger partial charge in [0.15, 0.2) is 0 Å². The van der Waals surface area contributed by atoms with Gasteiger partial charge in [0, 0.05) is 16.6 Å². The molecule has 0 atom stereocenters. The molecule has 1 aromatic carbocycles. The van der Waals surface area contributed by atoms with E-state index in [2.05, 4.69) is 21.2 Å². The molecule has 0 aliphatic rings. The summed E-state index contributed by atoms with van der Waals surface area (Å²) in [6, 6.07) is 5.76. The zero-order valence-electron chi connectivity index (χ0n) is 7.73. The van der Waals surface area contributed by atoms with E-state index in [1.165, 1.54) is 0 Å². The van der Waals surface area contributed by atoms with E-state index in [9.17, 15) is 4.79 Å². The molecule has 0 saturated carbocycles. The van der Waals surface area contributed by atoms with Crippen molar-refractivity contribution in [2.24, 2.45) is 0 Å². The van der Waals surface area contributed by atoms with Crippen molar-refractivity contribution < 1.29 is 4.79 Å². The summed E-state index contributed by atoms with van der Waals surface area (Å²) in [7, 11) is 0. The number of benzene rings is 1. The first-order valence-electron chi connectivity index (χ1n) is 4.20. The Morgan fingerprint density at radius 1 is 1.54 bits per heavy atom. The van der Waals surface area contributed by atoms with Crippen LogP contribution >= 0.6 is 15.9 Å². The highest BCUT2D eigenvalue weighted by Gasteiger charge is 2.03. The standard InChI is InChI=1S/C10H12BrNO/c1-3-10(13)12-9-6-4-5-8(11)7(9)2/h4-6H,3H2,1-2H3,(H,12,13). The molecule has 2 nitrogen and oxygen atoms in total. The molecule has 3 heteroatoms. The van der Waals surface area contributed by atoms with Crippen LogP contribution in [0, 0.1) is 6.92 Å². The Morgan fingerprint density at radius 3 is 2.85 bits per heavy atom. The molecule has 1 N–H and O–H groups in total. The Kier molecular flexibility index (Phi) is 3.48. The van der Waals surface area contributed by atoms with Crippen molar-refractivity contribution in [1.82, 2.24) is 0 Å². The smallest absolute Gasteiger partial charge is 0.224 e. The molecular formula is C10H12BrNO. The normalized spacial score (nSPS) is 9.77. The van der Waals surface area contributed by atoms with E-state index in [1.54, 1.807) is 0 Å². The Balaban J connectivity index is 2.89. The summed E-state index contributed by atoms with van der Waals surface area (Å²) in [6.07, 6.45) is 0.506. The van der Waals surface area contributed by atoms with Crippen molar-refractivity contribution >= 4 is 27.5 Å². The number of carbonyl (C=O) groups excluding carboxylic acids is 1. The van der Waals surface area contributed by atoms with Gasteiger partial charge in [-0.2, -0.15) is 0 Å². The fourth-order valence-electron chi connectivity index (χ4n) is 0.981. The quantitative estimate of drug-likeness (QED) is 0.848. The van der Waals surface area contributed by atoms with E-state index in [-0.39, 0.29) is 5.91 Å². The number of carbonyl (C=O) groups is 1. The second kappa shape index (κ2) is 4.42. The van der Waals surface area contributed by atoms with Gasteiger partial charge in [0.1, 0.15) is 0 Å². The Labute approximate surface area is 86.5 Å². The van der Waals surface area contributed by atoms with Crippen LogP contribution in [0.2, 0.25) is 0 Å². The lowest BCUT2D eigenvalue weighted by atomic mass is 10.2. The molecule has 0 spiro atoms. The molecule has 70 valence electrons. The highest BCUT2D eigenvalue weighted by molar-refractivity contribution is 9.10. The lowest BCUT2D eigenvalue weighted by molar-refractivity contribution is -0.115. The van der Waals surface area contributed by atoms with Gasteiger partial charge in [-0.15, -0.1) is 0 Å². The maximum atomic E-state index is 11.1. The minimum Gasteiger partial charge on any atom is -0.326 e. The third-order valence-corrected chi connectivity index (χ3v) is 2.72. The van der Waals surface area contributed by atoms with Gasteiger partial charge >= 0.3 is 0 Å². The van der Waals surface area contributed by atoms with E-state index in [4.69, 9.17) is 0 Å². The summed E-state index contributed by atoms with van der Waals surface area (Å²) in [4.78, 5) is 11.1. The van der Waals surface area contributed by atoms with Crippen LogP contribution in [0.25, 0.3) is 0 Å². The van der Waals surface area contributed by atoms with Crippen LogP contribution in [0.15, 0.2) is 22.7 Å². The van der Waals surface area contributed by atoms with Crippen LogP contribution in [0.3, 0.4) is 0 Å². The Bertz CT molecular complexity index is 323. The number of rotatable bonds is 2. The lowest BCUT2D eigenvalue weighted by Gasteiger charge is -2.08.